The molecule has 0 radical (unpaired) electrons. The van der Waals surface area contributed by atoms with Crippen LogP contribution < -0.4 is 5.32 Å². The number of nitrogens with one attached hydrogen (secondary N) is 1. The van der Waals surface area contributed by atoms with Crippen molar-refractivity contribution in [3.8, 4) is 0 Å². The van der Waals surface area contributed by atoms with Crippen molar-refractivity contribution in [2.45, 2.75) is 13.8 Å². The van der Waals surface area contributed by atoms with Crippen molar-refractivity contribution in [2.75, 3.05) is 39.9 Å². The van der Waals surface area contributed by atoms with E-state index in [2.05, 4.69) is 5.32 Å². The summed E-state index contributed by atoms with van der Waals surface area (Å²) in [5.74, 6) is 0.0705. The highest BCUT2D eigenvalue weighted by molar-refractivity contribution is 5.77. The Morgan fingerprint density at radius 2 is 2.00 bits per heavy atom. The van der Waals surface area contributed by atoms with E-state index in [1.165, 1.54) is 0 Å². The Balaban J connectivity index is 3.48. The van der Waals surface area contributed by atoms with Gasteiger partial charge in [-0.1, -0.05) is 0 Å². The first-order chi connectivity index (χ1) is 6.26. The summed E-state index contributed by atoms with van der Waals surface area (Å²) in [6.07, 6.45) is 0. The highest BCUT2D eigenvalue weighted by Crippen LogP contribution is 1.89. The molecule has 1 N–H and O–H groups in total. The maximum Gasteiger partial charge on any atom is 0.248 e. The molecule has 0 aromatic rings. The average molecular weight is 188 g/mol. The standard InChI is InChI=1S/C9H20N2O2/c1-4-11(5-2)9(12)8-13-7-6-10-3/h10H,4-8H2,1-3H3. The van der Waals surface area contributed by atoms with E-state index < -0.39 is 0 Å². The van der Waals surface area contributed by atoms with Gasteiger partial charge in [-0.3, -0.25) is 4.79 Å². The molecule has 13 heavy (non-hydrogen) atoms. The van der Waals surface area contributed by atoms with Gasteiger partial charge in [-0.25, -0.2) is 0 Å². The highest BCUT2D eigenvalue weighted by Gasteiger charge is 2.08. The number of likely N-dealkylation sites (N-methyl/N-ethyl adjacent to an activating group) is 2. The zero-order valence-electron chi connectivity index (χ0n) is 8.80. The van der Waals surface area contributed by atoms with Gasteiger partial charge < -0.3 is 15.0 Å². The van der Waals surface area contributed by atoms with E-state index in [0.29, 0.717) is 6.61 Å². The van der Waals surface area contributed by atoms with Gasteiger partial charge in [0.1, 0.15) is 6.61 Å². The topological polar surface area (TPSA) is 41.6 Å². The molecular formula is C9H20N2O2. The Labute approximate surface area is 80.2 Å². The largest absolute Gasteiger partial charge is 0.370 e. The lowest BCUT2D eigenvalue weighted by molar-refractivity contribution is -0.135. The fraction of sp³-hybridized carbons (Fsp3) is 0.889. The van der Waals surface area contributed by atoms with Crippen LogP contribution >= 0.6 is 0 Å². The Hall–Kier alpha value is -0.610. The van der Waals surface area contributed by atoms with E-state index >= 15 is 0 Å². The van der Waals surface area contributed by atoms with Crippen LogP contribution in [0.25, 0.3) is 0 Å². The molecule has 0 saturated heterocycles. The van der Waals surface area contributed by atoms with Crippen LogP contribution in [0.5, 0.6) is 0 Å². The molecule has 4 nitrogen and oxygen atoms in total. The second kappa shape index (κ2) is 8.01. The molecular weight excluding hydrogens is 168 g/mol. The van der Waals surface area contributed by atoms with Crippen LogP contribution in [0.3, 0.4) is 0 Å². The minimum absolute atomic E-state index is 0.0705. The fourth-order valence-electron chi connectivity index (χ4n) is 1.00. The normalized spacial score (nSPS) is 10.1. The van der Waals surface area contributed by atoms with Crippen LogP contribution in [0, 0.1) is 0 Å². The van der Waals surface area contributed by atoms with Crippen molar-refractivity contribution in [3.05, 3.63) is 0 Å². The predicted molar refractivity (Wildman–Crippen MR) is 52.7 cm³/mol. The lowest BCUT2D eigenvalue weighted by atomic mass is 10.4. The van der Waals surface area contributed by atoms with Crippen LogP contribution in [0.4, 0.5) is 0 Å². The number of carbonyl (C=O) groups is 1. The maximum absolute atomic E-state index is 11.3. The summed E-state index contributed by atoms with van der Waals surface area (Å²) in [6.45, 7) is 7.01. The van der Waals surface area contributed by atoms with Crippen LogP contribution in [0.15, 0.2) is 0 Å². The third-order valence-electron chi connectivity index (χ3n) is 1.84. The molecule has 0 atom stereocenters. The molecule has 0 rings (SSSR count). The number of nitrogens with zero attached hydrogens (tertiary/aromatic N) is 1. The predicted octanol–water partition coefficient (Wildman–Crippen LogP) is 0.0908. The summed E-state index contributed by atoms with van der Waals surface area (Å²) in [6, 6.07) is 0. The lowest BCUT2D eigenvalue weighted by Gasteiger charge is -2.18. The smallest absolute Gasteiger partial charge is 0.248 e. The summed E-state index contributed by atoms with van der Waals surface area (Å²) >= 11 is 0. The van der Waals surface area contributed by atoms with Gasteiger partial charge in [0.2, 0.25) is 5.91 Å². The first-order valence-electron chi connectivity index (χ1n) is 4.76. The molecule has 0 aromatic carbocycles. The first-order valence-corrected chi connectivity index (χ1v) is 4.76. The number of carbonyl (C=O) groups excluding carboxylic acids is 1. The fourth-order valence-corrected chi connectivity index (χ4v) is 1.00. The van der Waals surface area contributed by atoms with E-state index in [4.69, 9.17) is 4.74 Å². The second-order valence-corrected chi connectivity index (χ2v) is 2.72. The van der Waals surface area contributed by atoms with Gasteiger partial charge in [0, 0.05) is 19.6 Å². The average Bonchev–Trinajstić information content (AvgIpc) is 2.14. The molecule has 4 heteroatoms. The Morgan fingerprint density at radius 1 is 1.38 bits per heavy atom. The Morgan fingerprint density at radius 3 is 2.46 bits per heavy atom. The highest BCUT2D eigenvalue weighted by atomic mass is 16.5. The van der Waals surface area contributed by atoms with E-state index in [1.54, 1.807) is 4.90 Å². The molecule has 1 amide bonds. The number of hydrogen-bond donors (Lipinski definition) is 1. The third-order valence-corrected chi connectivity index (χ3v) is 1.84. The lowest BCUT2D eigenvalue weighted by Crippen LogP contribution is -2.34. The maximum atomic E-state index is 11.3. The Bertz CT molecular complexity index is 136. The third kappa shape index (κ3) is 5.60. The van der Waals surface area contributed by atoms with Crippen molar-refractivity contribution in [3.63, 3.8) is 0 Å². The molecule has 0 saturated carbocycles. The molecule has 78 valence electrons. The van der Waals surface area contributed by atoms with Crippen LogP contribution in [-0.4, -0.2) is 50.7 Å². The molecule has 0 spiro atoms. The van der Waals surface area contributed by atoms with E-state index in [0.717, 1.165) is 19.6 Å². The van der Waals surface area contributed by atoms with E-state index in [1.807, 2.05) is 20.9 Å². The summed E-state index contributed by atoms with van der Waals surface area (Å²) in [4.78, 5) is 13.1. The van der Waals surface area contributed by atoms with Crippen LogP contribution in [0.1, 0.15) is 13.8 Å². The zero-order chi connectivity index (χ0) is 10.1. The molecule has 0 aliphatic heterocycles. The number of ether oxygens (including phenoxy) is 1. The Kier molecular flexibility index (Phi) is 7.63. The second-order valence-electron chi connectivity index (χ2n) is 2.72. The van der Waals surface area contributed by atoms with Gasteiger partial charge in [-0.05, 0) is 20.9 Å². The molecule has 0 unspecified atom stereocenters. The number of hydrogen-bond acceptors (Lipinski definition) is 3. The monoisotopic (exact) mass is 188 g/mol. The van der Waals surface area contributed by atoms with E-state index in [-0.39, 0.29) is 12.5 Å². The molecule has 0 heterocycles. The molecule has 0 aliphatic carbocycles. The first kappa shape index (κ1) is 12.4. The molecule has 0 bridgehead atoms. The SMILES string of the molecule is CCN(CC)C(=O)COCCNC. The van der Waals surface area contributed by atoms with Crippen molar-refractivity contribution in [2.24, 2.45) is 0 Å². The van der Waals surface area contributed by atoms with E-state index in [9.17, 15) is 4.79 Å². The quantitative estimate of drug-likeness (QED) is 0.576. The summed E-state index contributed by atoms with van der Waals surface area (Å²) in [5, 5.41) is 2.95. The number of amides is 1. The van der Waals surface area contributed by atoms with Crippen LogP contribution in [-0.2, 0) is 9.53 Å². The van der Waals surface area contributed by atoms with Crippen molar-refractivity contribution < 1.29 is 9.53 Å². The van der Waals surface area contributed by atoms with Gasteiger partial charge in [-0.15, -0.1) is 0 Å². The van der Waals surface area contributed by atoms with Gasteiger partial charge in [-0.2, -0.15) is 0 Å². The van der Waals surface area contributed by atoms with Gasteiger partial charge in [0.25, 0.3) is 0 Å². The molecule has 0 aromatic heterocycles. The molecule has 0 fully saturated rings. The van der Waals surface area contributed by atoms with Crippen LogP contribution in [0.2, 0.25) is 0 Å². The minimum Gasteiger partial charge on any atom is -0.370 e. The van der Waals surface area contributed by atoms with Crippen molar-refractivity contribution in [1.82, 2.24) is 10.2 Å². The molecule has 0 aliphatic rings. The van der Waals surface area contributed by atoms with Gasteiger partial charge in [0.15, 0.2) is 0 Å². The van der Waals surface area contributed by atoms with Crippen molar-refractivity contribution >= 4 is 5.91 Å². The summed E-state index contributed by atoms with van der Waals surface area (Å²) in [5.41, 5.74) is 0. The van der Waals surface area contributed by atoms with Gasteiger partial charge in [0.05, 0.1) is 6.61 Å². The summed E-state index contributed by atoms with van der Waals surface area (Å²) < 4.78 is 5.17. The minimum atomic E-state index is 0.0705. The zero-order valence-corrected chi connectivity index (χ0v) is 8.80. The van der Waals surface area contributed by atoms with Crippen molar-refractivity contribution in [1.29, 1.82) is 0 Å². The van der Waals surface area contributed by atoms with Gasteiger partial charge >= 0.3 is 0 Å². The number of rotatable bonds is 7. The summed E-state index contributed by atoms with van der Waals surface area (Å²) in [7, 11) is 1.86.